The van der Waals surface area contributed by atoms with E-state index in [9.17, 15) is 13.2 Å². The molecule has 1 atom stereocenters. The number of fused-ring (bicyclic) bond motifs is 1. The summed E-state index contributed by atoms with van der Waals surface area (Å²) >= 11 is 1.61. The zero-order valence-corrected chi connectivity index (χ0v) is 15.8. The minimum atomic E-state index is -2.97. The standard InChI is InChI=1S/C17H20N2O4S2/c1-11-12(2)24-17-14(11)8-18(13-5-7-25(21,22)9-13)10-19(17)16(20)15-4-3-6-23-15/h3-4,6,13H,5,7-10H2,1-2H3/t13-/m1/s1. The third-order valence-corrected chi connectivity index (χ3v) is 8.14. The van der Waals surface area contributed by atoms with Crippen LogP contribution in [0.1, 0.15) is 33.0 Å². The Kier molecular flexibility index (Phi) is 4.01. The molecular weight excluding hydrogens is 360 g/mol. The number of rotatable bonds is 2. The number of thiophene rings is 1. The van der Waals surface area contributed by atoms with E-state index in [-0.39, 0.29) is 23.5 Å². The highest BCUT2D eigenvalue weighted by atomic mass is 32.2. The maximum Gasteiger partial charge on any atom is 0.295 e. The van der Waals surface area contributed by atoms with Gasteiger partial charge in [0.1, 0.15) is 5.00 Å². The van der Waals surface area contributed by atoms with Crippen LogP contribution in [0.3, 0.4) is 0 Å². The number of hydrogen-bond donors (Lipinski definition) is 0. The summed E-state index contributed by atoms with van der Waals surface area (Å²) in [5, 5.41) is 0.952. The molecule has 8 heteroatoms. The van der Waals surface area contributed by atoms with E-state index < -0.39 is 9.84 Å². The lowest BCUT2D eigenvalue weighted by Crippen LogP contribution is -2.49. The van der Waals surface area contributed by atoms with Crippen LogP contribution in [-0.2, 0) is 16.4 Å². The summed E-state index contributed by atoms with van der Waals surface area (Å²) in [6, 6.07) is 3.32. The predicted octanol–water partition coefficient (Wildman–Crippen LogP) is 2.56. The highest BCUT2D eigenvalue weighted by molar-refractivity contribution is 7.91. The Morgan fingerprint density at radius 2 is 2.16 bits per heavy atom. The third-order valence-electron chi connectivity index (χ3n) is 5.12. The van der Waals surface area contributed by atoms with Crippen molar-refractivity contribution >= 4 is 32.1 Å². The molecule has 2 aromatic rings. The van der Waals surface area contributed by atoms with Gasteiger partial charge in [-0.15, -0.1) is 11.3 Å². The Morgan fingerprint density at radius 3 is 2.80 bits per heavy atom. The fraction of sp³-hybridized carbons (Fsp3) is 0.471. The molecule has 2 aliphatic rings. The van der Waals surface area contributed by atoms with Crippen molar-refractivity contribution in [2.75, 3.05) is 23.1 Å². The number of nitrogens with zero attached hydrogens (tertiary/aromatic N) is 2. The van der Waals surface area contributed by atoms with Gasteiger partial charge in [-0.1, -0.05) is 0 Å². The van der Waals surface area contributed by atoms with E-state index in [0.29, 0.717) is 25.4 Å². The minimum Gasteiger partial charge on any atom is -0.459 e. The van der Waals surface area contributed by atoms with E-state index in [1.54, 1.807) is 28.4 Å². The number of sulfone groups is 1. The molecular formula is C17H20N2O4S2. The molecule has 0 N–H and O–H groups in total. The maximum atomic E-state index is 12.9. The molecule has 4 rings (SSSR count). The lowest BCUT2D eigenvalue weighted by atomic mass is 10.1. The van der Waals surface area contributed by atoms with Crippen molar-refractivity contribution in [3.8, 4) is 0 Å². The van der Waals surface area contributed by atoms with Crippen molar-refractivity contribution in [3.63, 3.8) is 0 Å². The third kappa shape index (κ3) is 2.92. The predicted molar refractivity (Wildman–Crippen MR) is 96.8 cm³/mol. The van der Waals surface area contributed by atoms with Crippen LogP contribution in [0.5, 0.6) is 0 Å². The molecule has 4 heterocycles. The van der Waals surface area contributed by atoms with Crippen LogP contribution >= 0.6 is 11.3 Å². The summed E-state index contributed by atoms with van der Waals surface area (Å²) in [4.78, 5) is 18.0. The molecule has 2 aromatic heterocycles. The number of hydrogen-bond acceptors (Lipinski definition) is 6. The Morgan fingerprint density at radius 1 is 1.36 bits per heavy atom. The molecule has 1 fully saturated rings. The van der Waals surface area contributed by atoms with Gasteiger partial charge in [-0.2, -0.15) is 0 Å². The zero-order chi connectivity index (χ0) is 17.8. The van der Waals surface area contributed by atoms with Crippen LogP contribution in [0.15, 0.2) is 22.8 Å². The summed E-state index contributed by atoms with van der Waals surface area (Å²) in [5.41, 5.74) is 2.31. The van der Waals surface area contributed by atoms with Crippen molar-refractivity contribution < 1.29 is 17.6 Å². The average molecular weight is 380 g/mol. The monoisotopic (exact) mass is 380 g/mol. The summed E-state index contributed by atoms with van der Waals surface area (Å²) in [5.74, 6) is 0.524. The van der Waals surface area contributed by atoms with Gasteiger partial charge in [0.15, 0.2) is 15.6 Å². The molecule has 2 aliphatic heterocycles. The van der Waals surface area contributed by atoms with Crippen LogP contribution < -0.4 is 4.90 Å². The smallest absolute Gasteiger partial charge is 0.295 e. The molecule has 0 aromatic carbocycles. The average Bonchev–Trinajstić information content (AvgIpc) is 3.28. The maximum absolute atomic E-state index is 12.9. The van der Waals surface area contributed by atoms with Gasteiger partial charge >= 0.3 is 0 Å². The van der Waals surface area contributed by atoms with Gasteiger partial charge in [0.25, 0.3) is 5.91 Å². The number of amides is 1. The molecule has 0 radical (unpaired) electrons. The molecule has 6 nitrogen and oxygen atoms in total. The van der Waals surface area contributed by atoms with Gasteiger partial charge in [0.2, 0.25) is 0 Å². The molecule has 1 saturated heterocycles. The van der Waals surface area contributed by atoms with Crippen LogP contribution in [-0.4, -0.2) is 43.4 Å². The van der Waals surface area contributed by atoms with Gasteiger partial charge < -0.3 is 4.42 Å². The molecule has 134 valence electrons. The molecule has 25 heavy (non-hydrogen) atoms. The van der Waals surface area contributed by atoms with Crippen LogP contribution in [0.2, 0.25) is 0 Å². The van der Waals surface area contributed by atoms with Crippen molar-refractivity contribution in [1.29, 1.82) is 0 Å². The first-order valence-electron chi connectivity index (χ1n) is 8.24. The number of aryl methyl sites for hydroxylation is 1. The van der Waals surface area contributed by atoms with Crippen LogP contribution in [0.4, 0.5) is 5.00 Å². The second kappa shape index (κ2) is 5.96. The lowest BCUT2D eigenvalue weighted by molar-refractivity contribution is 0.0918. The summed E-state index contributed by atoms with van der Waals surface area (Å²) in [7, 11) is -2.97. The number of carbonyl (C=O) groups is 1. The highest BCUT2D eigenvalue weighted by Gasteiger charge is 2.39. The summed E-state index contributed by atoms with van der Waals surface area (Å²) in [6.45, 7) is 5.20. The summed E-state index contributed by atoms with van der Waals surface area (Å²) in [6.07, 6.45) is 2.12. The van der Waals surface area contributed by atoms with Gasteiger partial charge in [0, 0.05) is 23.0 Å². The Balaban J connectivity index is 1.71. The van der Waals surface area contributed by atoms with E-state index in [0.717, 1.165) is 10.6 Å². The quantitative estimate of drug-likeness (QED) is 0.801. The van der Waals surface area contributed by atoms with E-state index in [1.165, 1.54) is 16.7 Å². The normalized spacial score (nSPS) is 23.0. The first-order chi connectivity index (χ1) is 11.9. The molecule has 0 unspecified atom stereocenters. The van der Waals surface area contributed by atoms with Gasteiger partial charge in [-0.3, -0.25) is 14.6 Å². The van der Waals surface area contributed by atoms with Gasteiger partial charge in [0.05, 0.1) is 24.4 Å². The SMILES string of the molecule is Cc1sc2c(c1C)CN([C@@H]1CCS(=O)(=O)C1)CN2C(=O)c1ccco1. The zero-order valence-electron chi connectivity index (χ0n) is 14.2. The first-order valence-corrected chi connectivity index (χ1v) is 10.9. The fourth-order valence-electron chi connectivity index (χ4n) is 3.56. The minimum absolute atomic E-state index is 0.0374. The van der Waals surface area contributed by atoms with E-state index >= 15 is 0 Å². The second-order valence-corrected chi connectivity index (χ2v) is 10.2. The Labute approximate surface area is 151 Å². The first kappa shape index (κ1) is 16.8. The number of furan rings is 1. The second-order valence-electron chi connectivity index (χ2n) is 6.72. The summed E-state index contributed by atoms with van der Waals surface area (Å²) < 4.78 is 29.1. The van der Waals surface area contributed by atoms with E-state index in [2.05, 4.69) is 18.7 Å². The van der Waals surface area contributed by atoms with Crippen molar-refractivity contribution in [2.24, 2.45) is 0 Å². The van der Waals surface area contributed by atoms with Crippen LogP contribution in [0.25, 0.3) is 0 Å². The largest absolute Gasteiger partial charge is 0.459 e. The topological polar surface area (TPSA) is 70.8 Å². The Hall–Kier alpha value is -1.64. The molecule has 0 bridgehead atoms. The van der Waals surface area contributed by atoms with E-state index in [4.69, 9.17) is 4.42 Å². The number of anilines is 1. The van der Waals surface area contributed by atoms with Crippen molar-refractivity contribution in [3.05, 3.63) is 40.2 Å². The van der Waals surface area contributed by atoms with Gasteiger partial charge in [-0.05, 0) is 38.0 Å². The van der Waals surface area contributed by atoms with Crippen LogP contribution in [0, 0.1) is 13.8 Å². The highest BCUT2D eigenvalue weighted by Crippen LogP contribution is 2.41. The molecule has 0 spiro atoms. The molecule has 0 saturated carbocycles. The van der Waals surface area contributed by atoms with E-state index in [1.807, 2.05) is 0 Å². The molecule has 0 aliphatic carbocycles. The van der Waals surface area contributed by atoms with Gasteiger partial charge in [-0.25, -0.2) is 8.42 Å². The number of carbonyl (C=O) groups excluding carboxylic acids is 1. The van der Waals surface area contributed by atoms with Crippen molar-refractivity contribution in [2.45, 2.75) is 32.9 Å². The van der Waals surface area contributed by atoms with Crippen molar-refractivity contribution in [1.82, 2.24) is 4.90 Å². The Bertz CT molecular complexity index is 915. The molecule has 1 amide bonds. The fourth-order valence-corrected chi connectivity index (χ4v) is 6.48. The lowest BCUT2D eigenvalue weighted by Gasteiger charge is -2.38.